The Balaban J connectivity index is 1.07. The number of hydrogen-bond acceptors (Lipinski definition) is 4. The summed E-state index contributed by atoms with van der Waals surface area (Å²) in [6, 6.07) is 53.6. The Morgan fingerprint density at radius 3 is 0.868 bits per heavy atom. The second-order valence-corrected chi connectivity index (χ2v) is 22.3. The molecule has 4 nitrogen and oxygen atoms in total. The molecular formula is C72H52O4. The molecule has 0 spiro atoms. The molecule has 0 aromatic heterocycles. The fourth-order valence-corrected chi connectivity index (χ4v) is 15.2. The molecule has 364 valence electrons. The molecule has 0 heterocycles. The maximum atomic E-state index is 13.4. The van der Waals surface area contributed by atoms with Gasteiger partial charge in [0.15, 0.2) is 0 Å². The van der Waals surface area contributed by atoms with Crippen molar-refractivity contribution in [3.05, 3.63) is 201 Å². The van der Waals surface area contributed by atoms with Gasteiger partial charge < -0.3 is 19.7 Å². The Morgan fingerprint density at radius 2 is 0.566 bits per heavy atom. The zero-order valence-corrected chi connectivity index (χ0v) is 43.7. The number of aryl methyl sites for hydroxylation is 6. The van der Waals surface area contributed by atoms with Crippen LogP contribution in [0.25, 0.3) is 141 Å². The van der Waals surface area contributed by atoms with Crippen molar-refractivity contribution in [1.82, 2.24) is 0 Å². The van der Waals surface area contributed by atoms with Crippen molar-refractivity contribution in [3.8, 4) is 33.8 Å². The summed E-state index contributed by atoms with van der Waals surface area (Å²) in [4.78, 5) is 0. The number of hydrogen-bond donors (Lipinski definition) is 2. The maximum absolute atomic E-state index is 13.4. The van der Waals surface area contributed by atoms with Crippen molar-refractivity contribution < 1.29 is 19.7 Å². The third-order valence-corrected chi connectivity index (χ3v) is 18.0. The molecule has 0 radical (unpaired) electrons. The Hall–Kier alpha value is -8.54. The van der Waals surface area contributed by atoms with Crippen LogP contribution in [0.2, 0.25) is 0 Å². The normalized spacial score (nSPS) is 13.6. The standard InChI is InChI=1S/C72H52O4/c1-33-25-35(3)55(36(4)26-33)69(73)53-31-45-30-52(64-48-22-18-42-14-10-40-12-16-44-20-24-50(72(64)76-8)68-62(44)58(40)60(42)66(48)68)54(70(74)56-37(5)27-34(2)28-38(56)6)32-46(45)29-51(53)63-47-21-17-41-13-9-39-11-15-43-19-23-49(71(63)75-7)67-61(43)57(39)59(41)65(47)67/h9-32,69-70,73-74H,1-8H3. The quantitative estimate of drug-likeness (QED) is 0.149. The average Bonchev–Trinajstić information content (AvgIpc) is 3.99. The van der Waals surface area contributed by atoms with E-state index < -0.39 is 12.2 Å². The van der Waals surface area contributed by atoms with Crippen LogP contribution < -0.4 is 9.47 Å². The van der Waals surface area contributed by atoms with Crippen LogP contribution in [-0.4, -0.2) is 24.4 Å². The van der Waals surface area contributed by atoms with Crippen LogP contribution in [0, 0.1) is 41.5 Å². The van der Waals surface area contributed by atoms with Gasteiger partial charge in [-0.25, -0.2) is 0 Å². The molecular weight excluding hydrogens is 929 g/mol. The SMILES string of the molecule is COc1c(-c2cc3cc(C(O)c4c(C)cc(C)cc4C)c(-c4c(OC)c5ccc6ccc7ccc8ccc4c4c8c7c6c54)cc3cc2C(O)c2c(C)cc(C)cc2C)c2ccc3ccc4ccc5ccc1c1c5c4c3c21. The fourth-order valence-electron chi connectivity index (χ4n) is 15.2. The molecule has 0 amide bonds. The van der Waals surface area contributed by atoms with Crippen molar-refractivity contribution in [3.63, 3.8) is 0 Å². The van der Waals surface area contributed by atoms with E-state index >= 15 is 0 Å². The highest BCUT2D eigenvalue weighted by atomic mass is 16.5. The van der Waals surface area contributed by atoms with E-state index in [0.717, 1.165) is 122 Å². The van der Waals surface area contributed by atoms with Gasteiger partial charge in [0, 0.05) is 32.7 Å². The van der Waals surface area contributed by atoms with Crippen molar-refractivity contribution in [1.29, 1.82) is 0 Å². The van der Waals surface area contributed by atoms with Crippen LogP contribution in [0.3, 0.4) is 0 Å². The van der Waals surface area contributed by atoms with Gasteiger partial charge in [0.05, 0.1) is 14.2 Å². The Bertz CT molecular complexity index is 4740. The van der Waals surface area contributed by atoms with Crippen LogP contribution in [-0.2, 0) is 0 Å². The second-order valence-electron chi connectivity index (χ2n) is 22.3. The van der Waals surface area contributed by atoms with Gasteiger partial charge in [-0.3, -0.25) is 0 Å². The van der Waals surface area contributed by atoms with Gasteiger partial charge >= 0.3 is 0 Å². The predicted octanol–water partition coefficient (Wildman–Crippen LogP) is 18.4. The number of benzene rings is 14. The van der Waals surface area contributed by atoms with Gasteiger partial charge in [0.1, 0.15) is 23.7 Å². The molecule has 0 fully saturated rings. The molecule has 0 saturated carbocycles. The van der Waals surface area contributed by atoms with E-state index in [1.807, 2.05) is 0 Å². The molecule has 2 unspecified atom stereocenters. The van der Waals surface area contributed by atoms with E-state index in [0.29, 0.717) is 0 Å². The molecule has 0 aliphatic heterocycles. The molecule has 76 heavy (non-hydrogen) atoms. The summed E-state index contributed by atoms with van der Waals surface area (Å²) in [5, 5.41) is 52.7. The minimum atomic E-state index is -1.00. The van der Waals surface area contributed by atoms with Gasteiger partial charge in [0.25, 0.3) is 0 Å². The highest BCUT2D eigenvalue weighted by molar-refractivity contribution is 6.47. The lowest BCUT2D eigenvalue weighted by molar-refractivity contribution is 0.219. The van der Waals surface area contributed by atoms with Crippen LogP contribution in [0.1, 0.15) is 67.8 Å². The summed E-state index contributed by atoms with van der Waals surface area (Å²) in [5.41, 5.74) is 13.4. The number of rotatable bonds is 8. The number of methoxy groups -OCH3 is 2. The third kappa shape index (κ3) is 5.45. The van der Waals surface area contributed by atoms with Gasteiger partial charge in [-0.05, 0) is 231 Å². The summed E-state index contributed by atoms with van der Waals surface area (Å²) >= 11 is 0. The van der Waals surface area contributed by atoms with Crippen molar-refractivity contribution >= 4 is 118 Å². The zero-order valence-electron chi connectivity index (χ0n) is 43.7. The zero-order chi connectivity index (χ0) is 51.5. The molecule has 0 bridgehead atoms. The third-order valence-electron chi connectivity index (χ3n) is 18.0. The first-order valence-electron chi connectivity index (χ1n) is 26.6. The molecule has 16 aromatic rings. The Kier molecular flexibility index (Phi) is 8.69. The van der Waals surface area contributed by atoms with Crippen LogP contribution >= 0.6 is 0 Å². The Labute approximate surface area is 438 Å². The largest absolute Gasteiger partial charge is 0.495 e. The summed E-state index contributed by atoms with van der Waals surface area (Å²) in [7, 11) is 3.57. The summed E-state index contributed by atoms with van der Waals surface area (Å²) in [6.07, 6.45) is -2.00. The second kappa shape index (κ2) is 15.1. The van der Waals surface area contributed by atoms with Crippen molar-refractivity contribution in [2.45, 2.75) is 53.8 Å². The lowest BCUT2D eigenvalue weighted by Crippen LogP contribution is -2.09. The summed E-state index contributed by atoms with van der Waals surface area (Å²) < 4.78 is 13.4. The lowest BCUT2D eigenvalue weighted by atomic mass is 9.81. The number of fused-ring (bicyclic) bond motifs is 1. The van der Waals surface area contributed by atoms with Crippen LogP contribution in [0.4, 0.5) is 0 Å². The smallest absolute Gasteiger partial charge is 0.135 e. The first kappa shape index (κ1) is 43.8. The number of aliphatic hydroxyl groups is 2. The maximum Gasteiger partial charge on any atom is 0.135 e. The molecule has 16 aromatic carbocycles. The van der Waals surface area contributed by atoms with Gasteiger partial charge in [-0.1, -0.05) is 120 Å². The van der Waals surface area contributed by atoms with Gasteiger partial charge in [-0.15, -0.1) is 0 Å². The van der Waals surface area contributed by atoms with Gasteiger partial charge in [-0.2, -0.15) is 0 Å². The minimum absolute atomic E-state index is 0.774. The monoisotopic (exact) mass is 980 g/mol. The summed E-state index contributed by atoms with van der Waals surface area (Å²) in [6.45, 7) is 12.7. The lowest BCUT2D eigenvalue weighted by Gasteiger charge is -2.26. The molecule has 4 heteroatoms. The minimum Gasteiger partial charge on any atom is -0.495 e. The van der Waals surface area contributed by atoms with Crippen LogP contribution in [0.5, 0.6) is 11.5 Å². The van der Waals surface area contributed by atoms with Crippen LogP contribution in [0.15, 0.2) is 146 Å². The van der Waals surface area contributed by atoms with E-state index in [2.05, 4.69) is 187 Å². The molecule has 0 aliphatic carbocycles. The first-order valence-corrected chi connectivity index (χ1v) is 26.6. The predicted molar refractivity (Wildman–Crippen MR) is 320 cm³/mol. The molecule has 16 rings (SSSR count). The van der Waals surface area contributed by atoms with Crippen molar-refractivity contribution in [2.75, 3.05) is 14.2 Å². The van der Waals surface area contributed by atoms with E-state index in [1.54, 1.807) is 14.2 Å². The van der Waals surface area contributed by atoms with E-state index in [4.69, 9.17) is 9.47 Å². The molecule has 0 saturated heterocycles. The Morgan fingerprint density at radius 1 is 0.303 bits per heavy atom. The van der Waals surface area contributed by atoms with Crippen molar-refractivity contribution in [2.24, 2.45) is 0 Å². The van der Waals surface area contributed by atoms with E-state index in [-0.39, 0.29) is 0 Å². The highest BCUT2D eigenvalue weighted by Gasteiger charge is 2.32. The summed E-state index contributed by atoms with van der Waals surface area (Å²) in [5.74, 6) is 1.55. The molecule has 2 N–H and O–H groups in total. The fraction of sp³-hybridized carbons (Fsp3) is 0.139. The van der Waals surface area contributed by atoms with Gasteiger partial charge in [0.2, 0.25) is 0 Å². The highest BCUT2D eigenvalue weighted by Crippen LogP contribution is 2.58. The number of aliphatic hydroxyl groups excluding tert-OH is 2. The van der Waals surface area contributed by atoms with E-state index in [1.165, 1.54) is 86.2 Å². The van der Waals surface area contributed by atoms with E-state index in [9.17, 15) is 10.2 Å². The molecule has 0 aliphatic rings. The number of ether oxygens (including phenoxy) is 2. The average molecular weight is 981 g/mol. The topological polar surface area (TPSA) is 58.9 Å². The molecule has 2 atom stereocenters. The first-order chi connectivity index (χ1) is 36.9.